The Morgan fingerprint density at radius 3 is 2.23 bits per heavy atom. The maximum atomic E-state index is 13.2. The van der Waals surface area contributed by atoms with Crippen LogP contribution in [-0.4, -0.2) is 67.8 Å². The molecular weight excluding hydrogens is 396 g/mol. The molecule has 0 spiro atoms. The Balaban J connectivity index is 1.81. The second-order valence-corrected chi connectivity index (χ2v) is 7.53. The highest BCUT2D eigenvalue weighted by atomic mass is 16.7. The molecule has 1 aliphatic carbocycles. The maximum absolute atomic E-state index is 13.2. The van der Waals surface area contributed by atoms with Crippen molar-refractivity contribution in [2.24, 2.45) is 0 Å². The molecule has 0 saturated carbocycles. The molecule has 0 aromatic heterocycles. The number of phenolic OH excluding ortho intramolecular Hbond substituents is 2. The fourth-order valence-corrected chi connectivity index (χ4v) is 3.80. The van der Waals surface area contributed by atoms with Crippen molar-refractivity contribution in [2.45, 2.75) is 44.6 Å². The zero-order valence-corrected chi connectivity index (χ0v) is 16.1. The van der Waals surface area contributed by atoms with Crippen LogP contribution >= 0.6 is 0 Å². The summed E-state index contributed by atoms with van der Waals surface area (Å²) in [5, 5.41) is 49.9. The minimum atomic E-state index is -1.61. The van der Waals surface area contributed by atoms with E-state index in [-0.39, 0.29) is 33.8 Å². The van der Waals surface area contributed by atoms with Crippen LogP contribution in [0.25, 0.3) is 0 Å². The molecule has 5 N–H and O–H groups in total. The number of ketones is 2. The number of hydrogen-bond donors (Lipinski definition) is 5. The number of rotatable bonds is 2. The van der Waals surface area contributed by atoms with Gasteiger partial charge in [0.15, 0.2) is 5.78 Å². The van der Waals surface area contributed by atoms with Crippen molar-refractivity contribution >= 4 is 11.6 Å². The number of aliphatic hydroxyl groups excluding tert-OH is 3. The van der Waals surface area contributed by atoms with Gasteiger partial charge in [-0.25, -0.2) is 0 Å². The predicted molar refractivity (Wildman–Crippen MR) is 101 cm³/mol. The third kappa shape index (κ3) is 3.03. The number of aryl methyl sites for hydroxylation is 1. The van der Waals surface area contributed by atoms with Gasteiger partial charge in [0, 0.05) is 17.2 Å². The summed E-state index contributed by atoms with van der Waals surface area (Å²) in [6.07, 6.45) is -6.75. The van der Waals surface area contributed by atoms with Crippen molar-refractivity contribution < 1.29 is 44.6 Å². The average Bonchev–Trinajstić information content (AvgIpc) is 2.67. The molecule has 0 amide bonds. The van der Waals surface area contributed by atoms with E-state index in [2.05, 4.69) is 0 Å². The first-order valence-electron chi connectivity index (χ1n) is 9.26. The van der Waals surface area contributed by atoms with E-state index in [1.54, 1.807) is 6.92 Å². The van der Waals surface area contributed by atoms with E-state index in [4.69, 9.17) is 9.47 Å². The molecule has 1 fully saturated rings. The normalized spacial score (nSPS) is 28.1. The number of hydrogen-bond acceptors (Lipinski definition) is 9. The first kappa shape index (κ1) is 20.3. The fraction of sp³-hybridized carbons (Fsp3) is 0.333. The van der Waals surface area contributed by atoms with E-state index in [1.165, 1.54) is 19.1 Å². The quantitative estimate of drug-likeness (QED) is 0.399. The summed E-state index contributed by atoms with van der Waals surface area (Å²) in [5.74, 6) is -2.29. The van der Waals surface area contributed by atoms with Crippen molar-refractivity contribution in [3.05, 3.63) is 52.1 Å². The van der Waals surface area contributed by atoms with Gasteiger partial charge in [-0.1, -0.05) is 0 Å². The van der Waals surface area contributed by atoms with E-state index in [9.17, 15) is 35.1 Å². The molecule has 1 aliphatic heterocycles. The Hall–Kier alpha value is -2.98. The molecule has 2 aliphatic rings. The smallest absolute Gasteiger partial charge is 0.229 e. The molecule has 0 bridgehead atoms. The highest BCUT2D eigenvalue weighted by Gasteiger charge is 2.44. The summed E-state index contributed by atoms with van der Waals surface area (Å²) >= 11 is 0. The highest BCUT2D eigenvalue weighted by molar-refractivity contribution is 6.30. The van der Waals surface area contributed by atoms with Crippen molar-refractivity contribution in [1.29, 1.82) is 0 Å². The van der Waals surface area contributed by atoms with E-state index in [0.717, 1.165) is 12.1 Å². The lowest BCUT2D eigenvalue weighted by Crippen LogP contribution is -2.58. The second-order valence-electron chi connectivity index (χ2n) is 7.53. The van der Waals surface area contributed by atoms with Crippen LogP contribution in [0.1, 0.15) is 44.3 Å². The van der Waals surface area contributed by atoms with Gasteiger partial charge >= 0.3 is 0 Å². The Labute approximate surface area is 170 Å². The number of carbonyl (C=O) groups is 2. The average molecular weight is 416 g/mol. The lowest BCUT2D eigenvalue weighted by molar-refractivity contribution is -0.268. The Kier molecular flexibility index (Phi) is 4.78. The Bertz CT molecular complexity index is 1060. The summed E-state index contributed by atoms with van der Waals surface area (Å²) in [4.78, 5) is 26.1. The maximum Gasteiger partial charge on any atom is 0.229 e. The Morgan fingerprint density at radius 2 is 1.53 bits per heavy atom. The SMILES string of the molecule is Cc1cc(O[C@@H]2O[C@H](C)[C@H](O)[C@H](O)[C@H]2O)c2c(c1)C(=O)c1cc(O)cc(O)c1C2=O. The number of carbonyl (C=O) groups excluding carboxylic acids is 2. The first-order valence-corrected chi connectivity index (χ1v) is 9.26. The van der Waals surface area contributed by atoms with Gasteiger partial charge in [0.1, 0.15) is 35.6 Å². The molecule has 158 valence electrons. The lowest BCUT2D eigenvalue weighted by atomic mass is 9.82. The van der Waals surface area contributed by atoms with E-state index >= 15 is 0 Å². The molecule has 9 nitrogen and oxygen atoms in total. The molecule has 5 atom stereocenters. The highest BCUT2D eigenvalue weighted by Crippen LogP contribution is 2.40. The lowest BCUT2D eigenvalue weighted by Gasteiger charge is -2.39. The third-order valence-electron chi connectivity index (χ3n) is 5.34. The van der Waals surface area contributed by atoms with Crippen LogP contribution < -0.4 is 4.74 Å². The van der Waals surface area contributed by atoms with E-state index in [0.29, 0.717) is 5.56 Å². The summed E-state index contributed by atoms with van der Waals surface area (Å²) in [5.41, 5.74) is 0.0295. The third-order valence-corrected chi connectivity index (χ3v) is 5.34. The van der Waals surface area contributed by atoms with Gasteiger partial charge in [-0.3, -0.25) is 9.59 Å². The van der Waals surface area contributed by atoms with Crippen LogP contribution in [0, 0.1) is 6.92 Å². The second kappa shape index (κ2) is 7.06. The van der Waals surface area contributed by atoms with Gasteiger partial charge in [0.25, 0.3) is 0 Å². The van der Waals surface area contributed by atoms with E-state index in [1.807, 2.05) is 0 Å². The summed E-state index contributed by atoms with van der Waals surface area (Å²) in [6.45, 7) is 3.15. The standard InChI is InChI=1S/C21H20O9/c1-7-3-10-15(18(26)14-11(17(10)25)5-9(22)6-12(14)23)13(4-7)30-21-20(28)19(27)16(24)8(2)29-21/h3-6,8,16,19-24,27-28H,1-2H3/t8-,16+,19+,20-,21+/m1/s1. The van der Waals surface area contributed by atoms with Crippen LogP contribution in [0.3, 0.4) is 0 Å². The van der Waals surface area contributed by atoms with Crippen LogP contribution in [-0.2, 0) is 4.74 Å². The molecular formula is C21H20O9. The number of aliphatic hydroxyl groups is 3. The molecule has 2 aromatic carbocycles. The molecule has 9 heteroatoms. The monoisotopic (exact) mass is 416 g/mol. The van der Waals surface area contributed by atoms with Gasteiger partial charge in [-0.2, -0.15) is 0 Å². The van der Waals surface area contributed by atoms with Crippen molar-refractivity contribution in [2.75, 3.05) is 0 Å². The number of ether oxygens (including phenoxy) is 2. The van der Waals surface area contributed by atoms with E-state index < -0.39 is 48.0 Å². The zero-order chi connectivity index (χ0) is 21.9. The minimum Gasteiger partial charge on any atom is -0.508 e. The number of aromatic hydroxyl groups is 2. The molecule has 0 radical (unpaired) electrons. The predicted octanol–water partition coefficient (Wildman–Crippen LogP) is 0.388. The van der Waals surface area contributed by atoms with Crippen LogP contribution in [0.4, 0.5) is 0 Å². The summed E-state index contributed by atoms with van der Waals surface area (Å²) in [6, 6.07) is 5.00. The number of fused-ring (bicyclic) bond motifs is 2. The largest absolute Gasteiger partial charge is 0.508 e. The van der Waals surface area contributed by atoms with Crippen molar-refractivity contribution in [3.8, 4) is 17.2 Å². The van der Waals surface area contributed by atoms with Gasteiger partial charge in [0.2, 0.25) is 12.1 Å². The zero-order valence-electron chi connectivity index (χ0n) is 16.1. The first-order chi connectivity index (χ1) is 14.1. The Morgan fingerprint density at radius 1 is 0.867 bits per heavy atom. The van der Waals surface area contributed by atoms with Crippen LogP contribution in [0.5, 0.6) is 17.2 Å². The molecule has 4 rings (SSSR count). The van der Waals surface area contributed by atoms with Gasteiger partial charge in [-0.05, 0) is 37.6 Å². The van der Waals surface area contributed by atoms with Gasteiger partial charge in [-0.15, -0.1) is 0 Å². The molecule has 30 heavy (non-hydrogen) atoms. The number of phenols is 2. The van der Waals surface area contributed by atoms with Crippen LogP contribution in [0.15, 0.2) is 24.3 Å². The summed E-state index contributed by atoms with van der Waals surface area (Å²) < 4.78 is 11.1. The molecule has 1 saturated heterocycles. The molecule has 1 heterocycles. The molecule has 2 aromatic rings. The fourth-order valence-electron chi connectivity index (χ4n) is 3.80. The van der Waals surface area contributed by atoms with Crippen molar-refractivity contribution in [3.63, 3.8) is 0 Å². The number of benzene rings is 2. The minimum absolute atomic E-state index is 0.00595. The topological polar surface area (TPSA) is 154 Å². The van der Waals surface area contributed by atoms with Gasteiger partial charge in [0.05, 0.1) is 17.2 Å². The van der Waals surface area contributed by atoms with Crippen LogP contribution in [0.2, 0.25) is 0 Å². The summed E-state index contributed by atoms with van der Waals surface area (Å²) in [7, 11) is 0. The van der Waals surface area contributed by atoms with Crippen molar-refractivity contribution in [1.82, 2.24) is 0 Å². The van der Waals surface area contributed by atoms with Gasteiger partial charge < -0.3 is 35.0 Å². The molecule has 0 unspecified atom stereocenters.